The largest absolute Gasteiger partial charge is 0.214 e. The quantitative estimate of drug-likeness (QED) is 0.604. The van der Waals surface area contributed by atoms with Gasteiger partial charge in [-0.05, 0) is 39.7 Å². The Bertz CT molecular complexity index is 352. The standard InChI is InChI=1S/C9H14N4S/c1-4-5-8-9(6-13(14)12-8)11-10-7(2)3/h4-7,14H,1-3H3/b5-4-,11-10-. The third-order valence-corrected chi connectivity index (χ3v) is 1.64. The summed E-state index contributed by atoms with van der Waals surface area (Å²) in [4.78, 5) is 0. The molecule has 0 aliphatic carbocycles. The lowest BCUT2D eigenvalue weighted by Gasteiger charge is -1.91. The molecule has 0 spiro atoms. The van der Waals surface area contributed by atoms with Gasteiger partial charge < -0.3 is 0 Å². The molecule has 0 N–H and O–H groups in total. The fourth-order valence-corrected chi connectivity index (χ4v) is 1.10. The van der Waals surface area contributed by atoms with E-state index in [0.717, 1.165) is 11.4 Å². The van der Waals surface area contributed by atoms with Gasteiger partial charge in [0.05, 0.1) is 12.2 Å². The second-order valence-electron chi connectivity index (χ2n) is 3.13. The van der Waals surface area contributed by atoms with E-state index >= 15 is 0 Å². The smallest absolute Gasteiger partial charge is 0.132 e. The number of rotatable bonds is 3. The lowest BCUT2D eigenvalue weighted by Crippen LogP contribution is -1.83. The van der Waals surface area contributed by atoms with Gasteiger partial charge in [0.1, 0.15) is 11.4 Å². The van der Waals surface area contributed by atoms with Crippen molar-refractivity contribution >= 4 is 24.6 Å². The van der Waals surface area contributed by atoms with Crippen LogP contribution < -0.4 is 0 Å². The Labute approximate surface area is 89.3 Å². The third-order valence-electron chi connectivity index (χ3n) is 1.43. The molecule has 0 aliphatic rings. The van der Waals surface area contributed by atoms with Crippen LogP contribution in [0.2, 0.25) is 0 Å². The molecule has 0 bridgehead atoms. The molecule has 0 saturated carbocycles. The highest BCUT2D eigenvalue weighted by molar-refractivity contribution is 7.78. The molecule has 0 amide bonds. The molecular formula is C9H14N4S. The van der Waals surface area contributed by atoms with Crippen molar-refractivity contribution in [3.8, 4) is 0 Å². The lowest BCUT2D eigenvalue weighted by molar-refractivity contribution is 0.779. The maximum atomic E-state index is 4.12. The Morgan fingerprint density at radius 3 is 2.86 bits per heavy atom. The van der Waals surface area contributed by atoms with Crippen molar-refractivity contribution < 1.29 is 0 Å². The second-order valence-corrected chi connectivity index (χ2v) is 3.54. The Kier molecular flexibility index (Phi) is 3.88. The topological polar surface area (TPSA) is 42.5 Å². The van der Waals surface area contributed by atoms with E-state index in [9.17, 15) is 0 Å². The molecule has 0 atom stereocenters. The first kappa shape index (κ1) is 11.0. The van der Waals surface area contributed by atoms with Gasteiger partial charge in [-0.25, -0.2) is 4.09 Å². The van der Waals surface area contributed by atoms with Crippen LogP contribution >= 0.6 is 12.8 Å². The minimum absolute atomic E-state index is 0.191. The van der Waals surface area contributed by atoms with Crippen LogP contribution in [0.4, 0.5) is 5.69 Å². The summed E-state index contributed by atoms with van der Waals surface area (Å²) in [6.07, 6.45) is 5.51. The first-order chi connectivity index (χ1) is 6.63. The summed E-state index contributed by atoms with van der Waals surface area (Å²) >= 11 is 4.08. The van der Waals surface area contributed by atoms with Crippen LogP contribution in [0.3, 0.4) is 0 Å². The normalized spacial score (nSPS) is 12.4. The first-order valence-electron chi connectivity index (χ1n) is 4.46. The minimum Gasteiger partial charge on any atom is -0.214 e. The molecule has 0 aromatic carbocycles. The average molecular weight is 210 g/mol. The van der Waals surface area contributed by atoms with Crippen molar-refractivity contribution in [1.82, 2.24) is 9.19 Å². The summed E-state index contributed by atoms with van der Waals surface area (Å²) in [5.74, 6) is 0. The number of azo groups is 1. The van der Waals surface area contributed by atoms with Gasteiger partial charge in [0, 0.05) is 0 Å². The predicted molar refractivity (Wildman–Crippen MR) is 61.0 cm³/mol. The van der Waals surface area contributed by atoms with E-state index in [2.05, 4.69) is 28.1 Å². The Hall–Kier alpha value is -1.10. The summed E-state index contributed by atoms with van der Waals surface area (Å²) in [6, 6.07) is 0.191. The zero-order valence-electron chi connectivity index (χ0n) is 8.55. The molecule has 14 heavy (non-hydrogen) atoms. The van der Waals surface area contributed by atoms with Crippen LogP contribution in [0.25, 0.3) is 6.08 Å². The van der Waals surface area contributed by atoms with Crippen LogP contribution in [0.5, 0.6) is 0 Å². The maximum absolute atomic E-state index is 4.12. The molecule has 1 aromatic rings. The summed E-state index contributed by atoms with van der Waals surface area (Å²) in [6.45, 7) is 5.88. The zero-order valence-corrected chi connectivity index (χ0v) is 9.44. The van der Waals surface area contributed by atoms with E-state index in [1.54, 1.807) is 6.20 Å². The van der Waals surface area contributed by atoms with Crippen LogP contribution in [0, 0.1) is 0 Å². The minimum atomic E-state index is 0.191. The van der Waals surface area contributed by atoms with Gasteiger partial charge in [0.15, 0.2) is 0 Å². The van der Waals surface area contributed by atoms with Gasteiger partial charge in [0.2, 0.25) is 0 Å². The summed E-state index contributed by atoms with van der Waals surface area (Å²) in [5.41, 5.74) is 1.53. The highest BCUT2D eigenvalue weighted by atomic mass is 32.1. The van der Waals surface area contributed by atoms with Crippen LogP contribution in [0.15, 0.2) is 22.5 Å². The van der Waals surface area contributed by atoms with Crippen molar-refractivity contribution in [3.63, 3.8) is 0 Å². The van der Waals surface area contributed by atoms with Crippen LogP contribution in [-0.4, -0.2) is 15.2 Å². The molecule has 4 nitrogen and oxygen atoms in total. The number of thiol groups is 1. The van der Waals surface area contributed by atoms with Crippen molar-refractivity contribution in [2.24, 2.45) is 10.2 Å². The molecule has 1 rings (SSSR count). The average Bonchev–Trinajstić information content (AvgIpc) is 2.44. The van der Waals surface area contributed by atoms with Crippen molar-refractivity contribution in [2.75, 3.05) is 0 Å². The third kappa shape index (κ3) is 2.99. The molecule has 0 aliphatic heterocycles. The number of allylic oxidation sites excluding steroid dienone is 1. The fraction of sp³-hybridized carbons (Fsp3) is 0.444. The fourth-order valence-electron chi connectivity index (χ4n) is 0.897. The molecule has 0 saturated heterocycles. The molecule has 0 unspecified atom stereocenters. The highest BCUT2D eigenvalue weighted by Gasteiger charge is 2.03. The van der Waals surface area contributed by atoms with E-state index in [0.29, 0.717) is 0 Å². The number of hydrogen-bond donors (Lipinski definition) is 1. The van der Waals surface area contributed by atoms with Gasteiger partial charge in [-0.2, -0.15) is 15.3 Å². The number of nitrogens with zero attached hydrogens (tertiary/aromatic N) is 4. The number of aromatic nitrogens is 2. The molecular weight excluding hydrogens is 196 g/mol. The molecule has 0 radical (unpaired) electrons. The van der Waals surface area contributed by atoms with E-state index in [1.165, 1.54) is 4.09 Å². The molecule has 5 heteroatoms. The van der Waals surface area contributed by atoms with E-state index in [1.807, 2.05) is 32.9 Å². The number of hydrogen-bond acceptors (Lipinski definition) is 4. The van der Waals surface area contributed by atoms with E-state index < -0.39 is 0 Å². The van der Waals surface area contributed by atoms with Crippen molar-refractivity contribution in [2.45, 2.75) is 26.8 Å². The Balaban J connectivity index is 2.95. The Morgan fingerprint density at radius 1 is 1.57 bits per heavy atom. The van der Waals surface area contributed by atoms with Gasteiger partial charge in [-0.1, -0.05) is 6.08 Å². The summed E-state index contributed by atoms with van der Waals surface area (Å²) < 4.78 is 1.43. The lowest BCUT2D eigenvalue weighted by atomic mass is 10.3. The summed E-state index contributed by atoms with van der Waals surface area (Å²) in [5, 5.41) is 12.3. The molecule has 76 valence electrons. The highest BCUT2D eigenvalue weighted by Crippen LogP contribution is 2.20. The van der Waals surface area contributed by atoms with Gasteiger partial charge >= 0.3 is 0 Å². The first-order valence-corrected chi connectivity index (χ1v) is 4.86. The Morgan fingerprint density at radius 2 is 2.29 bits per heavy atom. The van der Waals surface area contributed by atoms with Gasteiger partial charge in [-0.15, -0.1) is 0 Å². The van der Waals surface area contributed by atoms with Gasteiger partial charge in [-0.3, -0.25) is 0 Å². The summed E-state index contributed by atoms with van der Waals surface area (Å²) in [7, 11) is 0. The van der Waals surface area contributed by atoms with Crippen LogP contribution in [0.1, 0.15) is 26.5 Å². The maximum Gasteiger partial charge on any atom is 0.132 e. The van der Waals surface area contributed by atoms with E-state index in [-0.39, 0.29) is 6.04 Å². The van der Waals surface area contributed by atoms with Crippen LogP contribution in [-0.2, 0) is 0 Å². The SMILES string of the molecule is C/C=C\c1nn(S)cc1/N=N\C(C)C. The zero-order chi connectivity index (χ0) is 10.6. The molecule has 1 aromatic heterocycles. The van der Waals surface area contributed by atoms with Crippen molar-refractivity contribution in [1.29, 1.82) is 0 Å². The molecule has 0 fully saturated rings. The van der Waals surface area contributed by atoms with Crippen molar-refractivity contribution in [3.05, 3.63) is 18.0 Å². The monoisotopic (exact) mass is 210 g/mol. The van der Waals surface area contributed by atoms with Gasteiger partial charge in [0.25, 0.3) is 0 Å². The molecule has 1 heterocycles. The predicted octanol–water partition coefficient (Wildman–Crippen LogP) is 3.10. The second kappa shape index (κ2) is 4.95. The van der Waals surface area contributed by atoms with E-state index in [4.69, 9.17) is 0 Å².